The van der Waals surface area contributed by atoms with E-state index in [-0.39, 0.29) is 11.5 Å². The topological polar surface area (TPSA) is 63.3 Å². The lowest BCUT2D eigenvalue weighted by atomic mass is 10.1. The van der Waals surface area contributed by atoms with Crippen LogP contribution in [0.25, 0.3) is 0 Å². The van der Waals surface area contributed by atoms with Gasteiger partial charge in [0.1, 0.15) is 0 Å². The van der Waals surface area contributed by atoms with Crippen LogP contribution in [0.5, 0.6) is 0 Å². The molecule has 0 saturated carbocycles. The van der Waals surface area contributed by atoms with E-state index >= 15 is 0 Å². The molecule has 3 N–H and O–H groups in total. The molecule has 0 aliphatic rings. The van der Waals surface area contributed by atoms with Gasteiger partial charge in [-0.25, -0.2) is 4.79 Å². The number of hydrogen-bond acceptors (Lipinski definition) is 2. The first-order valence-electron chi connectivity index (χ1n) is 2.74. The fourth-order valence-corrected chi connectivity index (χ4v) is 0.511. The minimum absolute atomic E-state index is 0.00694. The third-order valence-corrected chi connectivity index (χ3v) is 1.05. The third kappa shape index (κ3) is 2.17. The van der Waals surface area contributed by atoms with Crippen molar-refractivity contribution >= 4 is 5.97 Å². The average Bonchev–Trinajstić information content (AvgIpc) is 1.64. The van der Waals surface area contributed by atoms with Crippen molar-refractivity contribution in [2.24, 2.45) is 11.7 Å². The van der Waals surface area contributed by atoms with Crippen molar-refractivity contribution in [2.75, 3.05) is 0 Å². The van der Waals surface area contributed by atoms with Crippen molar-refractivity contribution in [3.8, 4) is 0 Å². The van der Waals surface area contributed by atoms with Gasteiger partial charge >= 0.3 is 5.97 Å². The van der Waals surface area contributed by atoms with E-state index in [4.69, 9.17) is 10.8 Å². The van der Waals surface area contributed by atoms with Crippen molar-refractivity contribution in [1.29, 1.82) is 0 Å². The Morgan fingerprint density at radius 1 is 1.67 bits per heavy atom. The summed E-state index contributed by atoms with van der Waals surface area (Å²) in [4.78, 5) is 10.2. The Morgan fingerprint density at radius 3 is 2.11 bits per heavy atom. The fraction of sp³-hybridized carbons (Fsp3) is 0.500. The van der Waals surface area contributed by atoms with Crippen LogP contribution in [0.15, 0.2) is 11.8 Å². The summed E-state index contributed by atoms with van der Waals surface area (Å²) in [6.07, 6.45) is 1.13. The van der Waals surface area contributed by atoms with E-state index in [0.717, 1.165) is 6.20 Å². The molecule has 0 saturated heterocycles. The van der Waals surface area contributed by atoms with E-state index in [1.165, 1.54) is 0 Å². The molecule has 0 heterocycles. The molecule has 0 aliphatic heterocycles. The normalized spacial score (nSPS) is 12.1. The molecule has 3 heteroatoms. The molecule has 0 atom stereocenters. The van der Waals surface area contributed by atoms with Gasteiger partial charge in [-0.2, -0.15) is 0 Å². The van der Waals surface area contributed by atoms with E-state index in [1.807, 2.05) is 0 Å². The van der Waals surface area contributed by atoms with Crippen LogP contribution in [-0.2, 0) is 4.79 Å². The Kier molecular flexibility index (Phi) is 2.78. The van der Waals surface area contributed by atoms with Gasteiger partial charge in [0.25, 0.3) is 0 Å². The van der Waals surface area contributed by atoms with Gasteiger partial charge in [0.15, 0.2) is 0 Å². The Hall–Kier alpha value is -0.990. The van der Waals surface area contributed by atoms with Crippen LogP contribution in [0.3, 0.4) is 0 Å². The van der Waals surface area contributed by atoms with Crippen molar-refractivity contribution in [2.45, 2.75) is 13.8 Å². The maximum atomic E-state index is 10.2. The monoisotopic (exact) mass is 129 g/mol. The molecule has 0 radical (unpaired) electrons. The fourth-order valence-electron chi connectivity index (χ4n) is 0.511. The lowest BCUT2D eigenvalue weighted by Gasteiger charge is -2.02. The zero-order valence-corrected chi connectivity index (χ0v) is 5.59. The molecule has 0 aromatic heterocycles. The largest absolute Gasteiger partial charge is 0.478 e. The molecule has 9 heavy (non-hydrogen) atoms. The van der Waals surface area contributed by atoms with Gasteiger partial charge in [0, 0.05) is 6.20 Å². The maximum Gasteiger partial charge on any atom is 0.333 e. The van der Waals surface area contributed by atoms with Gasteiger partial charge in [-0.3, -0.25) is 0 Å². The maximum absolute atomic E-state index is 10.2. The Balaban J connectivity index is 4.19. The van der Waals surface area contributed by atoms with Crippen LogP contribution in [0.2, 0.25) is 0 Å². The summed E-state index contributed by atoms with van der Waals surface area (Å²) in [6.45, 7) is 3.57. The first-order chi connectivity index (χ1) is 4.09. The summed E-state index contributed by atoms with van der Waals surface area (Å²) in [5.74, 6) is -0.944. The smallest absolute Gasteiger partial charge is 0.333 e. The number of carboxylic acid groups (broad SMARTS) is 1. The Labute approximate surface area is 54.2 Å². The van der Waals surface area contributed by atoms with Crippen LogP contribution in [-0.4, -0.2) is 11.1 Å². The number of nitrogens with two attached hydrogens (primary N) is 1. The van der Waals surface area contributed by atoms with Crippen LogP contribution >= 0.6 is 0 Å². The highest BCUT2D eigenvalue weighted by molar-refractivity contribution is 5.86. The van der Waals surface area contributed by atoms with Gasteiger partial charge in [0.2, 0.25) is 0 Å². The summed E-state index contributed by atoms with van der Waals surface area (Å²) < 4.78 is 0. The van der Waals surface area contributed by atoms with Crippen molar-refractivity contribution in [1.82, 2.24) is 0 Å². The Bertz CT molecular complexity index is 138. The lowest BCUT2D eigenvalue weighted by molar-refractivity contribution is -0.133. The van der Waals surface area contributed by atoms with Gasteiger partial charge in [0.05, 0.1) is 5.57 Å². The van der Waals surface area contributed by atoms with Crippen molar-refractivity contribution in [3.63, 3.8) is 0 Å². The summed E-state index contributed by atoms with van der Waals surface area (Å²) in [7, 11) is 0. The van der Waals surface area contributed by atoms with Gasteiger partial charge in [-0.1, -0.05) is 13.8 Å². The van der Waals surface area contributed by atoms with Gasteiger partial charge < -0.3 is 10.8 Å². The van der Waals surface area contributed by atoms with Crippen LogP contribution in [0, 0.1) is 5.92 Å². The molecule has 52 valence electrons. The standard InChI is InChI=1S/C6H11NO2/c1-4(2)5(3-7)6(8)9/h3-4H,7H2,1-2H3,(H,8,9). The van der Waals surface area contributed by atoms with Crippen LogP contribution in [0.4, 0.5) is 0 Å². The number of carboxylic acids is 1. The molecule has 0 unspecified atom stereocenters. The highest BCUT2D eigenvalue weighted by atomic mass is 16.4. The minimum atomic E-state index is -0.937. The quantitative estimate of drug-likeness (QED) is 0.536. The Morgan fingerprint density at radius 2 is 2.11 bits per heavy atom. The SMILES string of the molecule is CC(C)C(=CN)C(=O)O. The average molecular weight is 129 g/mol. The van der Waals surface area contributed by atoms with Gasteiger partial charge in [-0.15, -0.1) is 0 Å². The zero-order valence-electron chi connectivity index (χ0n) is 5.59. The molecule has 0 fully saturated rings. The third-order valence-electron chi connectivity index (χ3n) is 1.05. The summed E-state index contributed by atoms with van der Waals surface area (Å²) >= 11 is 0. The van der Waals surface area contributed by atoms with Crippen molar-refractivity contribution in [3.05, 3.63) is 11.8 Å². The molecule has 0 aliphatic carbocycles. The first-order valence-corrected chi connectivity index (χ1v) is 2.74. The lowest BCUT2D eigenvalue weighted by Crippen LogP contribution is -2.08. The predicted octanol–water partition coefficient (Wildman–Crippen LogP) is 0.570. The van der Waals surface area contributed by atoms with E-state index in [1.54, 1.807) is 13.8 Å². The second-order valence-electron chi connectivity index (χ2n) is 2.08. The minimum Gasteiger partial charge on any atom is -0.478 e. The van der Waals surface area contributed by atoms with Crippen molar-refractivity contribution < 1.29 is 9.90 Å². The van der Waals surface area contributed by atoms with E-state index in [2.05, 4.69) is 0 Å². The number of hydrogen-bond donors (Lipinski definition) is 2. The highest BCUT2D eigenvalue weighted by Gasteiger charge is 2.09. The summed E-state index contributed by atoms with van der Waals surface area (Å²) in [6, 6.07) is 0. The number of aliphatic carboxylic acids is 1. The second-order valence-corrected chi connectivity index (χ2v) is 2.08. The molecular weight excluding hydrogens is 118 g/mol. The molecule has 0 aromatic rings. The number of rotatable bonds is 2. The first kappa shape index (κ1) is 8.01. The molecule has 0 rings (SSSR count). The van der Waals surface area contributed by atoms with E-state index in [9.17, 15) is 4.79 Å². The summed E-state index contributed by atoms with van der Waals surface area (Å²) in [5, 5.41) is 8.40. The molecule has 3 nitrogen and oxygen atoms in total. The van der Waals surface area contributed by atoms with E-state index in [0.29, 0.717) is 0 Å². The number of carbonyl (C=O) groups is 1. The van der Waals surface area contributed by atoms with E-state index < -0.39 is 5.97 Å². The molecular formula is C6H11NO2. The second kappa shape index (κ2) is 3.12. The van der Waals surface area contributed by atoms with Gasteiger partial charge in [-0.05, 0) is 5.92 Å². The predicted molar refractivity (Wildman–Crippen MR) is 34.7 cm³/mol. The zero-order chi connectivity index (χ0) is 7.44. The molecule has 0 amide bonds. The van der Waals surface area contributed by atoms with Crippen LogP contribution < -0.4 is 5.73 Å². The highest BCUT2D eigenvalue weighted by Crippen LogP contribution is 2.06. The molecule has 0 aromatic carbocycles. The van der Waals surface area contributed by atoms with Crippen LogP contribution in [0.1, 0.15) is 13.8 Å². The summed E-state index contributed by atoms with van der Waals surface area (Å²) in [5.41, 5.74) is 5.29. The molecule has 0 bridgehead atoms. The molecule has 0 spiro atoms.